The molecule has 3 heterocycles. The molecule has 1 fully saturated rings. The lowest BCUT2D eigenvalue weighted by molar-refractivity contribution is 0.0697. The van der Waals surface area contributed by atoms with Gasteiger partial charge in [-0.3, -0.25) is 4.98 Å². The number of hydrogen-bond acceptors (Lipinski definition) is 5. The number of benzene rings is 2. The van der Waals surface area contributed by atoms with E-state index in [1.54, 1.807) is 24.5 Å². The predicted molar refractivity (Wildman–Crippen MR) is 164 cm³/mol. The van der Waals surface area contributed by atoms with Gasteiger partial charge >= 0.3 is 5.97 Å². The molecule has 2 aromatic carbocycles. The van der Waals surface area contributed by atoms with Gasteiger partial charge in [-0.1, -0.05) is 25.0 Å². The fraction of sp³-hybridized carbons (Fsp3) is 0.412. The Labute approximate surface area is 246 Å². The normalized spacial score (nSPS) is 20.3. The zero-order valence-electron chi connectivity index (χ0n) is 24.4. The molecular formula is C34H39FN4O3. The first kappa shape index (κ1) is 28.2. The van der Waals surface area contributed by atoms with Gasteiger partial charge in [0.15, 0.2) is 0 Å². The van der Waals surface area contributed by atoms with Crippen molar-refractivity contribution in [3.63, 3.8) is 0 Å². The van der Waals surface area contributed by atoms with E-state index in [1.807, 2.05) is 24.3 Å². The van der Waals surface area contributed by atoms with Gasteiger partial charge in [-0.25, -0.2) is 9.18 Å². The summed E-state index contributed by atoms with van der Waals surface area (Å²) in [6, 6.07) is 15.5. The van der Waals surface area contributed by atoms with E-state index in [2.05, 4.69) is 46.0 Å². The highest BCUT2D eigenvalue weighted by molar-refractivity contribution is 5.99. The van der Waals surface area contributed by atoms with Gasteiger partial charge in [-0.15, -0.1) is 0 Å². The van der Waals surface area contributed by atoms with Gasteiger partial charge in [0.05, 0.1) is 11.3 Å². The van der Waals surface area contributed by atoms with Crippen LogP contribution in [0.2, 0.25) is 0 Å². The number of alkyl halides is 1. The van der Waals surface area contributed by atoms with E-state index < -0.39 is 12.1 Å². The summed E-state index contributed by atoms with van der Waals surface area (Å²) in [5.74, 6) is -0.441. The Morgan fingerprint density at radius 3 is 2.76 bits per heavy atom. The molecule has 0 bridgehead atoms. The number of carboxylic acid groups (broad SMARTS) is 1. The maximum absolute atomic E-state index is 15.7. The van der Waals surface area contributed by atoms with E-state index in [-0.39, 0.29) is 17.5 Å². The average Bonchev–Trinajstić information content (AvgIpc) is 3.29. The van der Waals surface area contributed by atoms with Crippen LogP contribution in [0.5, 0.6) is 5.75 Å². The number of aryl methyl sites for hydroxylation is 1. The van der Waals surface area contributed by atoms with Gasteiger partial charge in [0.2, 0.25) is 0 Å². The van der Waals surface area contributed by atoms with Gasteiger partial charge in [0.1, 0.15) is 18.5 Å². The fourth-order valence-electron chi connectivity index (χ4n) is 6.61. The van der Waals surface area contributed by atoms with Gasteiger partial charge in [-0.05, 0) is 82.2 Å². The minimum atomic E-state index is -0.956. The molecule has 0 radical (unpaired) electrons. The van der Waals surface area contributed by atoms with Crippen molar-refractivity contribution in [2.75, 3.05) is 26.0 Å². The van der Waals surface area contributed by atoms with Crippen LogP contribution in [0.1, 0.15) is 65.9 Å². The van der Waals surface area contributed by atoms with Gasteiger partial charge in [0.25, 0.3) is 0 Å². The van der Waals surface area contributed by atoms with E-state index in [9.17, 15) is 9.90 Å². The number of hydrogen-bond donors (Lipinski definition) is 2. The molecule has 2 N–H and O–H groups in total. The number of carbonyl (C=O) groups is 1. The Hall–Kier alpha value is -3.91. The monoisotopic (exact) mass is 570 g/mol. The molecule has 2 aliphatic rings. The molecule has 0 spiro atoms. The van der Waals surface area contributed by atoms with Crippen LogP contribution in [-0.4, -0.2) is 58.4 Å². The highest BCUT2D eigenvalue weighted by Crippen LogP contribution is 2.48. The molecule has 4 aromatic rings. The summed E-state index contributed by atoms with van der Waals surface area (Å²) in [6.45, 7) is 2.05. The van der Waals surface area contributed by atoms with Crippen molar-refractivity contribution < 1.29 is 19.0 Å². The van der Waals surface area contributed by atoms with E-state index >= 15 is 4.39 Å². The Morgan fingerprint density at radius 1 is 1.14 bits per heavy atom. The summed E-state index contributed by atoms with van der Waals surface area (Å²) >= 11 is 0. The Morgan fingerprint density at radius 2 is 2.00 bits per heavy atom. The smallest absolute Gasteiger partial charge is 0.335 e. The van der Waals surface area contributed by atoms with Gasteiger partial charge in [-0.2, -0.15) is 0 Å². The Balaban J connectivity index is 1.50. The van der Waals surface area contributed by atoms with E-state index in [1.165, 1.54) is 0 Å². The van der Waals surface area contributed by atoms with Crippen LogP contribution in [-0.2, 0) is 13.2 Å². The second-order valence-electron chi connectivity index (χ2n) is 11.9. The highest BCUT2D eigenvalue weighted by atomic mass is 19.1. The largest absolute Gasteiger partial charge is 0.489 e. The number of nitrogens with zero attached hydrogens (tertiary/aromatic N) is 3. The number of halogens is 1. The Kier molecular flexibility index (Phi) is 8.16. The summed E-state index contributed by atoms with van der Waals surface area (Å²) in [5, 5.41) is 14.6. The van der Waals surface area contributed by atoms with Crippen molar-refractivity contribution in [2.45, 2.75) is 69.8 Å². The number of nitrogens with one attached hydrogen (secondary N) is 1. The predicted octanol–water partition coefficient (Wildman–Crippen LogP) is 7.11. The van der Waals surface area contributed by atoms with E-state index in [4.69, 9.17) is 4.74 Å². The van der Waals surface area contributed by atoms with Crippen molar-refractivity contribution in [1.82, 2.24) is 14.5 Å². The fourth-order valence-corrected chi connectivity index (χ4v) is 6.61. The molecule has 6 rings (SSSR count). The first-order valence-electron chi connectivity index (χ1n) is 15.0. The number of pyridine rings is 1. The molecule has 2 aromatic heterocycles. The first-order valence-corrected chi connectivity index (χ1v) is 15.0. The second kappa shape index (κ2) is 12.1. The van der Waals surface area contributed by atoms with Crippen LogP contribution >= 0.6 is 0 Å². The molecule has 1 aliphatic carbocycles. The van der Waals surface area contributed by atoms with E-state index in [0.717, 1.165) is 83.4 Å². The molecule has 0 saturated heterocycles. The minimum absolute atomic E-state index is 0.194. The minimum Gasteiger partial charge on any atom is -0.489 e. The lowest BCUT2D eigenvalue weighted by Gasteiger charge is -2.30. The molecular weight excluding hydrogens is 531 g/mol. The quantitative estimate of drug-likeness (QED) is 0.235. The standard InChI is InChI=1S/C34H39FN4O3/c1-38(2)16-13-24-14-17-39-31-18-23(34(40)41)9-11-28(31)32(26-7-3-4-8-29(26)35)33(39)27-12-10-25(19-30(27)37-24)42-21-22-6-5-15-36-20-22/h5-6,9-12,15,18-20,24,26,29,37H,3-4,7-8,13-14,16-17,21H2,1-2H3,(H,40,41)/t24?,26?,29-/m0/s1. The van der Waals surface area contributed by atoms with Crippen molar-refractivity contribution in [3.05, 3.63) is 77.6 Å². The molecule has 3 atom stereocenters. The lowest BCUT2D eigenvalue weighted by atomic mass is 9.80. The molecule has 8 heteroatoms. The van der Waals surface area contributed by atoms with Crippen molar-refractivity contribution in [1.29, 1.82) is 0 Å². The number of aromatic carboxylic acids is 1. The number of rotatable bonds is 8. The maximum atomic E-state index is 15.7. The van der Waals surface area contributed by atoms with Crippen LogP contribution in [0.25, 0.3) is 22.2 Å². The summed E-state index contributed by atoms with van der Waals surface area (Å²) in [6.07, 6.45) is 7.66. The SMILES string of the molecule is CN(C)CCC1CCn2c(c(C3CCCC[C@@H]3F)c3ccc(C(=O)O)cc32)-c2ccc(OCc3cccnc3)cc2N1. The zero-order valence-corrected chi connectivity index (χ0v) is 24.4. The Bertz CT molecular complexity index is 1570. The number of aromatic nitrogens is 2. The molecule has 0 amide bonds. The summed E-state index contributed by atoms with van der Waals surface area (Å²) in [4.78, 5) is 18.4. The molecule has 1 aliphatic heterocycles. The topological polar surface area (TPSA) is 79.6 Å². The number of anilines is 1. The first-order chi connectivity index (χ1) is 20.4. The number of fused-ring (bicyclic) bond motifs is 5. The molecule has 1 saturated carbocycles. The second-order valence-corrected chi connectivity index (χ2v) is 11.9. The summed E-state index contributed by atoms with van der Waals surface area (Å²) in [7, 11) is 4.16. The van der Waals surface area contributed by atoms with E-state index in [0.29, 0.717) is 19.6 Å². The lowest BCUT2D eigenvalue weighted by Crippen LogP contribution is -2.28. The average molecular weight is 571 g/mol. The molecule has 42 heavy (non-hydrogen) atoms. The van der Waals surface area contributed by atoms with Crippen LogP contribution in [0.4, 0.5) is 10.1 Å². The third-order valence-electron chi connectivity index (χ3n) is 8.76. The summed E-state index contributed by atoms with van der Waals surface area (Å²) in [5.41, 5.74) is 6.06. The molecule has 2 unspecified atom stereocenters. The maximum Gasteiger partial charge on any atom is 0.335 e. The van der Waals surface area contributed by atoms with Crippen LogP contribution < -0.4 is 10.1 Å². The van der Waals surface area contributed by atoms with Crippen LogP contribution in [0.3, 0.4) is 0 Å². The molecule has 7 nitrogen and oxygen atoms in total. The van der Waals surface area contributed by atoms with Crippen molar-refractivity contribution >= 4 is 22.6 Å². The number of ether oxygens (including phenoxy) is 1. The highest BCUT2D eigenvalue weighted by Gasteiger charge is 2.34. The van der Waals surface area contributed by atoms with Crippen LogP contribution in [0.15, 0.2) is 60.9 Å². The van der Waals surface area contributed by atoms with Crippen molar-refractivity contribution in [3.8, 4) is 17.0 Å². The van der Waals surface area contributed by atoms with Gasteiger partial charge < -0.3 is 24.6 Å². The van der Waals surface area contributed by atoms with Crippen LogP contribution in [0, 0.1) is 0 Å². The third-order valence-corrected chi connectivity index (χ3v) is 8.76. The summed E-state index contributed by atoms with van der Waals surface area (Å²) < 4.78 is 24.1. The zero-order chi connectivity index (χ0) is 29.2. The van der Waals surface area contributed by atoms with Gasteiger partial charge in [0, 0.05) is 64.7 Å². The molecule has 220 valence electrons. The third kappa shape index (κ3) is 5.73. The van der Waals surface area contributed by atoms with Crippen molar-refractivity contribution in [2.24, 2.45) is 0 Å². The number of carboxylic acids is 1.